The average molecular weight is 180 g/mol. The first-order chi connectivity index (χ1) is 5.00. The number of allylic oxidation sites excluding steroid dienone is 8. The standard InChI is InChI=1S/2C5H5.Ti.2H/c2*1-2-4-5-3-1;;;/h2*1-3H,4H2;;;/q2*-1;+4;2*-1. The van der Waals surface area contributed by atoms with Crippen molar-refractivity contribution in [2.45, 2.75) is 12.8 Å². The zero-order valence-electron chi connectivity index (χ0n) is 8.38. The van der Waals surface area contributed by atoms with Crippen molar-refractivity contribution >= 4 is 0 Å². The van der Waals surface area contributed by atoms with E-state index in [0.717, 1.165) is 12.8 Å². The van der Waals surface area contributed by atoms with Crippen LogP contribution in [0.2, 0.25) is 0 Å². The van der Waals surface area contributed by atoms with Crippen LogP contribution in [0.1, 0.15) is 15.7 Å². The molecular weight excluding hydrogens is 168 g/mol. The van der Waals surface area contributed by atoms with Gasteiger partial charge in [-0.1, -0.05) is 0 Å². The molecule has 2 aliphatic rings. The van der Waals surface area contributed by atoms with E-state index in [1.54, 1.807) is 0 Å². The van der Waals surface area contributed by atoms with E-state index in [2.05, 4.69) is 24.3 Å². The molecule has 0 fully saturated rings. The molecule has 2 aliphatic carbocycles. The first kappa shape index (κ1) is 10.7. The summed E-state index contributed by atoms with van der Waals surface area (Å²) in [6, 6.07) is 0. The fourth-order valence-corrected chi connectivity index (χ4v) is 0.680. The number of rotatable bonds is 0. The molecule has 1 heteroatoms. The van der Waals surface area contributed by atoms with Crippen molar-refractivity contribution in [2.24, 2.45) is 0 Å². The van der Waals surface area contributed by atoms with Gasteiger partial charge in [-0.2, -0.15) is 12.2 Å². The molecule has 0 bridgehead atoms. The SMILES string of the molecule is [C-]1=CC=CC1.[C-]1=CC=CC1.[H-].[H-].[Ti+4]. The van der Waals surface area contributed by atoms with Gasteiger partial charge in [0.05, 0.1) is 0 Å². The maximum Gasteiger partial charge on any atom is 4.00 e. The summed E-state index contributed by atoms with van der Waals surface area (Å²) in [5, 5.41) is 0. The van der Waals surface area contributed by atoms with Crippen LogP contribution in [0.5, 0.6) is 0 Å². The molecule has 0 amide bonds. The van der Waals surface area contributed by atoms with Crippen molar-refractivity contribution in [1.29, 1.82) is 0 Å². The molecule has 11 heavy (non-hydrogen) atoms. The first-order valence-electron chi connectivity index (χ1n) is 3.43. The van der Waals surface area contributed by atoms with Gasteiger partial charge in [0.1, 0.15) is 0 Å². The Bertz CT molecular complexity index is 151. The molecule has 56 valence electrons. The Balaban J connectivity index is -0.000000125. The summed E-state index contributed by atoms with van der Waals surface area (Å²) in [5.74, 6) is 0. The number of hydrogen-bond acceptors (Lipinski definition) is 0. The summed E-state index contributed by atoms with van der Waals surface area (Å²) >= 11 is 0. The van der Waals surface area contributed by atoms with Crippen LogP contribution in [-0.2, 0) is 21.7 Å². The normalized spacial score (nSPS) is 16.0. The van der Waals surface area contributed by atoms with Crippen molar-refractivity contribution in [3.8, 4) is 0 Å². The third-order valence-corrected chi connectivity index (χ3v) is 1.17. The first-order valence-corrected chi connectivity index (χ1v) is 3.43. The molecule has 0 saturated heterocycles. The van der Waals surface area contributed by atoms with Crippen molar-refractivity contribution in [3.63, 3.8) is 0 Å². The minimum Gasteiger partial charge on any atom is -1.00 e. The smallest absolute Gasteiger partial charge is 1.00 e. The molecule has 0 heterocycles. The van der Waals surface area contributed by atoms with Gasteiger partial charge in [-0.05, 0) is 0 Å². The van der Waals surface area contributed by atoms with E-state index < -0.39 is 0 Å². The van der Waals surface area contributed by atoms with Crippen LogP contribution >= 0.6 is 0 Å². The summed E-state index contributed by atoms with van der Waals surface area (Å²) in [5.41, 5.74) is 0. The Morgan fingerprint density at radius 1 is 0.909 bits per heavy atom. The maximum atomic E-state index is 2.99. The van der Waals surface area contributed by atoms with E-state index in [-0.39, 0.29) is 24.6 Å². The monoisotopic (exact) mass is 180 g/mol. The van der Waals surface area contributed by atoms with Gasteiger partial charge in [-0.15, -0.1) is 12.8 Å². The predicted octanol–water partition coefficient (Wildman–Crippen LogP) is 2.83. The van der Waals surface area contributed by atoms with E-state index in [1.165, 1.54) is 0 Å². The van der Waals surface area contributed by atoms with Crippen LogP contribution in [0.4, 0.5) is 0 Å². The molecular formula is C10H12Ti. The van der Waals surface area contributed by atoms with Gasteiger partial charge >= 0.3 is 21.7 Å². The van der Waals surface area contributed by atoms with Gasteiger partial charge in [-0.3, -0.25) is 12.2 Å². The van der Waals surface area contributed by atoms with Gasteiger partial charge in [0.2, 0.25) is 0 Å². The van der Waals surface area contributed by atoms with Gasteiger partial charge in [0, 0.05) is 0 Å². The second kappa shape index (κ2) is 7.78. The molecule has 0 spiro atoms. The van der Waals surface area contributed by atoms with E-state index in [4.69, 9.17) is 0 Å². The van der Waals surface area contributed by atoms with Gasteiger partial charge in [-0.25, -0.2) is 24.3 Å². The van der Waals surface area contributed by atoms with E-state index in [9.17, 15) is 0 Å². The fraction of sp³-hybridized carbons (Fsp3) is 0.200. The van der Waals surface area contributed by atoms with Crippen molar-refractivity contribution in [3.05, 3.63) is 48.6 Å². The van der Waals surface area contributed by atoms with Gasteiger partial charge < -0.3 is 2.85 Å². The van der Waals surface area contributed by atoms with Crippen LogP contribution in [0.15, 0.2) is 36.5 Å². The molecule has 0 nitrogen and oxygen atoms in total. The predicted molar refractivity (Wildman–Crippen MR) is 45.4 cm³/mol. The Morgan fingerprint density at radius 3 is 1.45 bits per heavy atom. The molecule has 0 aromatic carbocycles. The summed E-state index contributed by atoms with van der Waals surface area (Å²) in [6.45, 7) is 0. The maximum absolute atomic E-state index is 2.99. The molecule has 0 aromatic heterocycles. The second-order valence-electron chi connectivity index (χ2n) is 2.01. The summed E-state index contributed by atoms with van der Waals surface area (Å²) in [6.07, 6.45) is 20.0. The van der Waals surface area contributed by atoms with Gasteiger partial charge in [0.25, 0.3) is 0 Å². The molecule has 0 N–H and O–H groups in total. The van der Waals surface area contributed by atoms with E-state index in [1.807, 2.05) is 24.3 Å². The Hall–Kier alpha value is -0.326. The van der Waals surface area contributed by atoms with Crippen molar-refractivity contribution < 1.29 is 24.6 Å². The largest absolute Gasteiger partial charge is 4.00 e. The zero-order chi connectivity index (χ0) is 7.07. The van der Waals surface area contributed by atoms with Crippen molar-refractivity contribution in [2.75, 3.05) is 0 Å². The van der Waals surface area contributed by atoms with E-state index in [0.29, 0.717) is 0 Å². The Kier molecular flexibility index (Phi) is 7.55. The zero-order valence-corrected chi connectivity index (χ0v) is 7.94. The third-order valence-electron chi connectivity index (χ3n) is 1.17. The van der Waals surface area contributed by atoms with Crippen LogP contribution < -0.4 is 0 Å². The Morgan fingerprint density at radius 2 is 1.36 bits per heavy atom. The van der Waals surface area contributed by atoms with Gasteiger partial charge in [0.15, 0.2) is 0 Å². The molecule has 0 radical (unpaired) electrons. The molecule has 0 saturated carbocycles. The topological polar surface area (TPSA) is 0 Å². The molecule has 0 aromatic rings. The quantitative estimate of drug-likeness (QED) is 0.397. The molecule has 0 atom stereocenters. The minimum atomic E-state index is 0. The van der Waals surface area contributed by atoms with Crippen LogP contribution in [0.3, 0.4) is 0 Å². The third kappa shape index (κ3) is 6.09. The summed E-state index contributed by atoms with van der Waals surface area (Å²) in [7, 11) is 0. The van der Waals surface area contributed by atoms with E-state index >= 15 is 0 Å². The Labute approximate surface area is 86.2 Å². The minimum absolute atomic E-state index is 0. The molecule has 2 rings (SSSR count). The average Bonchev–Trinajstić information content (AvgIpc) is 2.67. The van der Waals surface area contributed by atoms with Crippen molar-refractivity contribution in [1.82, 2.24) is 0 Å². The fourth-order valence-electron chi connectivity index (χ4n) is 0.680. The summed E-state index contributed by atoms with van der Waals surface area (Å²) < 4.78 is 0. The number of hydrogen-bond donors (Lipinski definition) is 0. The van der Waals surface area contributed by atoms with Crippen LogP contribution in [-0.4, -0.2) is 0 Å². The molecule has 0 unspecified atom stereocenters. The second-order valence-corrected chi connectivity index (χ2v) is 2.01. The van der Waals surface area contributed by atoms with Crippen LogP contribution in [0.25, 0.3) is 0 Å². The summed E-state index contributed by atoms with van der Waals surface area (Å²) in [4.78, 5) is 0. The van der Waals surface area contributed by atoms with Crippen LogP contribution in [0, 0.1) is 12.2 Å². The molecule has 0 aliphatic heterocycles.